The quantitative estimate of drug-likeness (QED) is 0.117. The third-order valence-corrected chi connectivity index (χ3v) is 7.57. The number of nitrogens with zero attached hydrogens (tertiary/aromatic N) is 1. The maximum absolute atomic E-state index is 12.2. The molecule has 0 spiro atoms. The minimum atomic E-state index is -1.72. The molecule has 0 aromatic rings. The molecule has 3 atom stereocenters. The molecule has 1 unspecified atom stereocenters. The summed E-state index contributed by atoms with van der Waals surface area (Å²) in [6.45, 7) is 5.78. The maximum Gasteiger partial charge on any atom is 0.0864 e. The topological polar surface area (TPSA) is 46.5 Å². The molecule has 0 saturated heterocycles. The zero-order chi connectivity index (χ0) is 22.7. The van der Waals surface area contributed by atoms with Crippen molar-refractivity contribution in [1.29, 1.82) is 0 Å². The molecule has 30 heavy (non-hydrogen) atoms. The monoisotopic (exact) mass is 448 g/mol. The Hall–Kier alpha value is 0.110. The van der Waals surface area contributed by atoms with Crippen LogP contribution in [0.25, 0.3) is 0 Å². The van der Waals surface area contributed by atoms with Gasteiger partial charge >= 0.3 is 0 Å². The second kappa shape index (κ2) is 19.8. The molecule has 0 radical (unpaired) electrons. The minimum Gasteiger partial charge on any atom is -0.390 e. The van der Waals surface area contributed by atoms with E-state index in [0.717, 1.165) is 17.4 Å². The summed E-state index contributed by atoms with van der Waals surface area (Å²) in [5, 5.41) is 10.2. The van der Waals surface area contributed by atoms with Gasteiger partial charge in [-0.05, 0) is 13.3 Å². The van der Waals surface area contributed by atoms with Gasteiger partial charge < -0.3 is 18.9 Å². The molecule has 0 aliphatic carbocycles. The molecule has 0 amide bonds. The van der Waals surface area contributed by atoms with Gasteiger partial charge in [-0.2, -0.15) is 0 Å². The van der Waals surface area contributed by atoms with E-state index >= 15 is 0 Å². The van der Waals surface area contributed by atoms with E-state index in [9.17, 15) is 9.67 Å². The number of aliphatic hydroxyl groups excluding tert-OH is 1. The minimum absolute atomic E-state index is 0.218. The molecule has 0 aromatic heterocycles. The van der Waals surface area contributed by atoms with Crippen LogP contribution in [0.15, 0.2) is 0 Å². The van der Waals surface area contributed by atoms with Crippen LogP contribution < -0.4 is 0 Å². The molecular formula is C25H55NO3P+. The Labute approximate surface area is 189 Å². The summed E-state index contributed by atoms with van der Waals surface area (Å²) in [5.41, 5.74) is 0. The number of ether oxygens (including phenoxy) is 1. The van der Waals surface area contributed by atoms with E-state index < -0.39 is 13.9 Å². The molecule has 0 aliphatic heterocycles. The van der Waals surface area contributed by atoms with Gasteiger partial charge in [0.2, 0.25) is 0 Å². The molecule has 0 aromatic carbocycles. The van der Waals surface area contributed by atoms with Crippen LogP contribution in [0.3, 0.4) is 0 Å². The average Bonchev–Trinajstić information content (AvgIpc) is 2.68. The van der Waals surface area contributed by atoms with Crippen LogP contribution in [-0.4, -0.2) is 68.4 Å². The van der Waals surface area contributed by atoms with Crippen molar-refractivity contribution in [2.24, 2.45) is 0 Å². The smallest absolute Gasteiger partial charge is 0.0864 e. The fourth-order valence-electron chi connectivity index (χ4n) is 3.64. The van der Waals surface area contributed by atoms with Gasteiger partial charge in [0.25, 0.3) is 0 Å². The molecular weight excluding hydrogens is 393 g/mol. The van der Waals surface area contributed by atoms with E-state index in [-0.39, 0.29) is 6.10 Å². The van der Waals surface area contributed by atoms with Gasteiger partial charge in [-0.15, -0.1) is 0 Å². The van der Waals surface area contributed by atoms with E-state index in [4.69, 9.17) is 4.74 Å². The first-order valence-corrected chi connectivity index (χ1v) is 14.7. The molecule has 0 bridgehead atoms. The number of hydrogen-bond acceptors (Lipinski definition) is 3. The number of unbranched alkanes of at least 4 members (excludes halogenated alkanes) is 13. The molecule has 5 heteroatoms. The molecule has 182 valence electrons. The van der Waals surface area contributed by atoms with Gasteiger partial charge in [0, 0.05) is 18.9 Å². The van der Waals surface area contributed by atoms with Gasteiger partial charge in [-0.3, -0.25) is 0 Å². The Kier molecular flexibility index (Phi) is 19.8. The van der Waals surface area contributed by atoms with E-state index in [2.05, 4.69) is 28.1 Å². The van der Waals surface area contributed by atoms with E-state index in [1.807, 2.05) is 6.92 Å². The highest BCUT2D eigenvalue weighted by molar-refractivity contribution is 7.44. The second-order valence-electron chi connectivity index (χ2n) is 10.2. The van der Waals surface area contributed by atoms with Crippen LogP contribution in [0.4, 0.5) is 0 Å². The highest BCUT2D eigenvalue weighted by Gasteiger charge is 2.19. The first-order chi connectivity index (χ1) is 14.3. The lowest BCUT2D eigenvalue weighted by Crippen LogP contribution is -2.37. The van der Waals surface area contributed by atoms with Crippen LogP contribution in [0.1, 0.15) is 104 Å². The predicted octanol–water partition coefficient (Wildman–Crippen LogP) is 6.50. The van der Waals surface area contributed by atoms with Crippen LogP contribution in [0.2, 0.25) is 0 Å². The summed E-state index contributed by atoms with van der Waals surface area (Å²) in [4.78, 5) is 0. The standard InChI is InChI=1S/C25H55NO3P/c1-6-7-8-9-10-11-12-13-14-15-16-17-18-19-21-29-24(2)25(27)23-30(28)22-20-26(3,4)5/h24-25,27,30H,6-23H2,1-5H3/q+1/t24-,25+/m0/s1. The predicted molar refractivity (Wildman–Crippen MR) is 133 cm³/mol. The summed E-state index contributed by atoms with van der Waals surface area (Å²) in [7, 11) is 4.59. The van der Waals surface area contributed by atoms with Crippen molar-refractivity contribution in [1.82, 2.24) is 0 Å². The first-order valence-electron chi connectivity index (χ1n) is 12.9. The fraction of sp³-hybridized carbons (Fsp3) is 1.00. The third-order valence-electron chi connectivity index (χ3n) is 5.92. The van der Waals surface area contributed by atoms with Crippen molar-refractivity contribution in [3.63, 3.8) is 0 Å². The Balaban J connectivity index is 3.43. The molecule has 0 saturated carbocycles. The van der Waals surface area contributed by atoms with Crippen LogP contribution >= 0.6 is 7.80 Å². The molecule has 4 nitrogen and oxygen atoms in total. The molecule has 0 rings (SSSR count). The summed E-state index contributed by atoms with van der Waals surface area (Å²) in [6, 6.07) is 0. The van der Waals surface area contributed by atoms with Gasteiger partial charge in [0.1, 0.15) is 0 Å². The molecule has 0 aliphatic rings. The van der Waals surface area contributed by atoms with Crippen LogP contribution in [0, 0.1) is 0 Å². The molecule has 0 heterocycles. The van der Waals surface area contributed by atoms with Gasteiger partial charge in [-0.25, -0.2) is 0 Å². The largest absolute Gasteiger partial charge is 0.390 e. The number of hydrogen-bond donors (Lipinski definition) is 1. The van der Waals surface area contributed by atoms with Gasteiger partial charge in [0.05, 0.1) is 47.7 Å². The number of quaternary nitrogens is 1. The Morgan fingerprint density at radius 1 is 0.800 bits per heavy atom. The first kappa shape index (κ1) is 30.1. The van der Waals surface area contributed by atoms with Crippen LogP contribution in [-0.2, 0) is 9.30 Å². The highest BCUT2D eigenvalue weighted by Crippen LogP contribution is 2.23. The molecule has 1 N–H and O–H groups in total. The Bertz CT molecular complexity index is 398. The SMILES string of the molecule is CCCCCCCCCCCCCCCCO[C@@H](C)[C@H](O)C[PH](=O)CC[N+](C)(C)C. The van der Waals surface area contributed by atoms with Crippen molar-refractivity contribution in [3.8, 4) is 0 Å². The summed E-state index contributed by atoms with van der Waals surface area (Å²) in [5.74, 6) is 0. The van der Waals surface area contributed by atoms with E-state index in [1.165, 1.54) is 83.5 Å². The van der Waals surface area contributed by atoms with Crippen molar-refractivity contribution < 1.29 is 18.9 Å². The van der Waals surface area contributed by atoms with Crippen molar-refractivity contribution in [3.05, 3.63) is 0 Å². The number of aliphatic hydroxyl groups is 1. The van der Waals surface area contributed by atoms with Crippen LogP contribution in [0.5, 0.6) is 0 Å². The van der Waals surface area contributed by atoms with E-state index in [0.29, 0.717) is 18.9 Å². The third kappa shape index (κ3) is 21.3. The van der Waals surface area contributed by atoms with Crippen molar-refractivity contribution >= 4 is 7.80 Å². The normalized spacial score (nSPS) is 15.3. The highest BCUT2D eigenvalue weighted by atomic mass is 31.1. The fourth-order valence-corrected chi connectivity index (χ4v) is 5.56. The number of rotatable bonds is 22. The summed E-state index contributed by atoms with van der Waals surface area (Å²) < 4.78 is 18.8. The maximum atomic E-state index is 12.2. The summed E-state index contributed by atoms with van der Waals surface area (Å²) >= 11 is 0. The zero-order valence-electron chi connectivity index (χ0n) is 21.1. The second-order valence-corrected chi connectivity index (χ2v) is 12.2. The Morgan fingerprint density at radius 3 is 1.67 bits per heavy atom. The molecule has 0 fully saturated rings. The average molecular weight is 449 g/mol. The lowest BCUT2D eigenvalue weighted by Gasteiger charge is -2.24. The summed E-state index contributed by atoms with van der Waals surface area (Å²) in [6.07, 6.45) is 19.2. The van der Waals surface area contributed by atoms with Crippen molar-refractivity contribution in [2.45, 2.75) is 116 Å². The lowest BCUT2D eigenvalue weighted by molar-refractivity contribution is -0.867. The van der Waals surface area contributed by atoms with Gasteiger partial charge in [-0.1, -0.05) is 90.4 Å². The van der Waals surface area contributed by atoms with Crippen molar-refractivity contribution in [2.75, 3.05) is 46.6 Å². The van der Waals surface area contributed by atoms with E-state index in [1.54, 1.807) is 0 Å². The van der Waals surface area contributed by atoms with Gasteiger partial charge in [0.15, 0.2) is 0 Å². The Morgan fingerprint density at radius 2 is 1.23 bits per heavy atom. The zero-order valence-corrected chi connectivity index (χ0v) is 22.1. The lowest BCUT2D eigenvalue weighted by atomic mass is 10.0.